The highest BCUT2D eigenvalue weighted by atomic mass is 32.1. The van der Waals surface area contributed by atoms with Crippen molar-refractivity contribution in [1.82, 2.24) is 10.3 Å². The van der Waals surface area contributed by atoms with Gasteiger partial charge in [-0.05, 0) is 38.8 Å². The summed E-state index contributed by atoms with van der Waals surface area (Å²) >= 11 is 1.43. The van der Waals surface area contributed by atoms with Gasteiger partial charge in [0.25, 0.3) is 0 Å². The number of carbonyl (C=O) groups is 2. The fourth-order valence-electron chi connectivity index (χ4n) is 2.05. The molecule has 6 heteroatoms. The van der Waals surface area contributed by atoms with Gasteiger partial charge in [-0.3, -0.25) is 4.79 Å². The fourth-order valence-corrected chi connectivity index (χ4v) is 2.81. The number of hydrogen-bond donors (Lipinski definition) is 1. The molecule has 0 saturated heterocycles. The molecule has 5 nitrogen and oxygen atoms in total. The number of aldehydes is 1. The van der Waals surface area contributed by atoms with E-state index in [1.807, 2.05) is 52.0 Å². The van der Waals surface area contributed by atoms with Gasteiger partial charge in [0, 0.05) is 0 Å². The van der Waals surface area contributed by atoms with Gasteiger partial charge in [0.2, 0.25) is 0 Å². The lowest BCUT2D eigenvalue weighted by atomic mass is 10.0. The Balaban J connectivity index is 2.07. The van der Waals surface area contributed by atoms with Crippen LogP contribution >= 0.6 is 11.3 Å². The summed E-state index contributed by atoms with van der Waals surface area (Å²) in [5, 5.41) is 2.80. The van der Waals surface area contributed by atoms with Gasteiger partial charge in [-0.25, -0.2) is 9.78 Å². The Morgan fingerprint density at radius 3 is 2.52 bits per heavy atom. The third-order valence-electron chi connectivity index (χ3n) is 3.11. The minimum Gasteiger partial charge on any atom is -0.444 e. The summed E-state index contributed by atoms with van der Waals surface area (Å²) in [7, 11) is 0. The van der Waals surface area contributed by atoms with Gasteiger partial charge >= 0.3 is 6.09 Å². The zero-order valence-corrected chi connectivity index (χ0v) is 14.4. The van der Waals surface area contributed by atoms with Crippen LogP contribution in [0.15, 0.2) is 29.8 Å². The Kier molecular flexibility index (Phi) is 5.15. The number of ether oxygens (including phenoxy) is 1. The highest BCUT2D eigenvalue weighted by Crippen LogP contribution is 2.28. The van der Waals surface area contributed by atoms with Crippen LogP contribution in [-0.4, -0.2) is 23.0 Å². The number of rotatable bonds is 4. The average molecular weight is 332 g/mol. The quantitative estimate of drug-likeness (QED) is 0.852. The van der Waals surface area contributed by atoms with Crippen LogP contribution in [0.3, 0.4) is 0 Å². The number of aromatic nitrogens is 1. The van der Waals surface area contributed by atoms with Crippen LogP contribution in [0.1, 0.15) is 49.8 Å². The summed E-state index contributed by atoms with van der Waals surface area (Å²) in [5.74, 6) is 0. The van der Waals surface area contributed by atoms with Crippen molar-refractivity contribution in [2.75, 3.05) is 0 Å². The van der Waals surface area contributed by atoms with E-state index in [0.717, 1.165) is 22.3 Å². The van der Waals surface area contributed by atoms with Gasteiger partial charge in [0.1, 0.15) is 11.3 Å². The maximum atomic E-state index is 11.8. The van der Waals surface area contributed by atoms with Crippen LogP contribution in [0.25, 0.3) is 10.4 Å². The molecule has 0 aliphatic heterocycles. The van der Waals surface area contributed by atoms with Crippen molar-refractivity contribution in [3.63, 3.8) is 0 Å². The third-order valence-corrected chi connectivity index (χ3v) is 4.00. The smallest absolute Gasteiger partial charge is 0.408 e. The Hall–Kier alpha value is -2.21. The molecule has 0 spiro atoms. The first kappa shape index (κ1) is 17.1. The molecule has 2 aromatic rings. The van der Waals surface area contributed by atoms with Gasteiger partial charge in [0.15, 0.2) is 6.29 Å². The number of carbonyl (C=O) groups excluding carboxylic acids is 2. The van der Waals surface area contributed by atoms with Gasteiger partial charge < -0.3 is 10.1 Å². The average Bonchev–Trinajstić information content (AvgIpc) is 2.93. The lowest BCUT2D eigenvalue weighted by Crippen LogP contribution is -2.34. The predicted octanol–water partition coefficient (Wildman–Crippen LogP) is 4.21. The first-order valence-electron chi connectivity index (χ1n) is 7.28. The van der Waals surface area contributed by atoms with Crippen LogP contribution in [-0.2, 0) is 4.74 Å². The number of hydrogen-bond acceptors (Lipinski definition) is 5. The molecule has 1 aromatic carbocycles. The van der Waals surface area contributed by atoms with Crippen molar-refractivity contribution in [3.8, 4) is 10.4 Å². The number of amides is 1. The van der Waals surface area contributed by atoms with E-state index in [-0.39, 0.29) is 6.04 Å². The molecular formula is C17H20N2O3S. The normalized spacial score (nSPS) is 12.5. The number of nitrogens with zero attached hydrogens (tertiary/aromatic N) is 1. The molecular weight excluding hydrogens is 312 g/mol. The molecule has 1 heterocycles. The minimum atomic E-state index is -0.523. The van der Waals surface area contributed by atoms with Crippen molar-refractivity contribution in [1.29, 1.82) is 0 Å². The summed E-state index contributed by atoms with van der Waals surface area (Å²) in [5.41, 5.74) is 3.47. The van der Waals surface area contributed by atoms with Crippen LogP contribution in [0.4, 0.5) is 4.79 Å². The van der Waals surface area contributed by atoms with E-state index in [4.69, 9.17) is 4.74 Å². The SMILES string of the molecule is C[C@H](NC(=O)OC(C)(C)C)c1ccc(-c2scnc2C=O)cc1. The Labute approximate surface area is 139 Å². The monoisotopic (exact) mass is 332 g/mol. The highest BCUT2D eigenvalue weighted by Gasteiger charge is 2.18. The van der Waals surface area contributed by atoms with E-state index in [9.17, 15) is 9.59 Å². The van der Waals surface area contributed by atoms with E-state index in [0.29, 0.717) is 5.69 Å². The zero-order chi connectivity index (χ0) is 17.0. The summed E-state index contributed by atoms with van der Waals surface area (Å²) in [6, 6.07) is 7.51. The van der Waals surface area contributed by atoms with Crippen molar-refractivity contribution >= 4 is 23.7 Å². The molecule has 0 radical (unpaired) electrons. The lowest BCUT2D eigenvalue weighted by Gasteiger charge is -2.22. The van der Waals surface area contributed by atoms with Crippen LogP contribution in [0, 0.1) is 0 Å². The van der Waals surface area contributed by atoms with Gasteiger partial charge in [-0.2, -0.15) is 0 Å². The van der Waals surface area contributed by atoms with E-state index in [2.05, 4.69) is 10.3 Å². The molecule has 122 valence electrons. The van der Waals surface area contributed by atoms with E-state index in [1.54, 1.807) is 5.51 Å². The summed E-state index contributed by atoms with van der Waals surface area (Å²) in [4.78, 5) is 27.6. The third kappa shape index (κ3) is 4.63. The summed E-state index contributed by atoms with van der Waals surface area (Å²) < 4.78 is 5.25. The van der Waals surface area contributed by atoms with E-state index < -0.39 is 11.7 Å². The van der Waals surface area contributed by atoms with Crippen molar-refractivity contribution in [2.45, 2.75) is 39.3 Å². The minimum absolute atomic E-state index is 0.175. The number of nitrogens with one attached hydrogen (secondary N) is 1. The standard InChI is InChI=1S/C17H20N2O3S/c1-11(19-16(21)22-17(2,3)4)12-5-7-13(8-6-12)15-14(9-20)18-10-23-15/h5-11H,1-4H3,(H,19,21)/t11-/m0/s1. The zero-order valence-electron chi connectivity index (χ0n) is 13.6. The molecule has 0 fully saturated rings. The molecule has 1 aromatic heterocycles. The van der Waals surface area contributed by atoms with Gasteiger partial charge in [-0.15, -0.1) is 11.3 Å². The fraction of sp³-hybridized carbons (Fsp3) is 0.353. The molecule has 1 N–H and O–H groups in total. The second-order valence-electron chi connectivity index (χ2n) is 6.17. The first-order valence-corrected chi connectivity index (χ1v) is 8.16. The Morgan fingerprint density at radius 2 is 1.96 bits per heavy atom. The predicted molar refractivity (Wildman–Crippen MR) is 90.7 cm³/mol. The van der Waals surface area contributed by atoms with Crippen molar-refractivity contribution < 1.29 is 14.3 Å². The Morgan fingerprint density at radius 1 is 1.30 bits per heavy atom. The van der Waals surface area contributed by atoms with E-state index in [1.165, 1.54) is 11.3 Å². The molecule has 23 heavy (non-hydrogen) atoms. The summed E-state index contributed by atoms with van der Waals surface area (Å²) in [6.45, 7) is 7.37. The molecule has 0 aliphatic rings. The van der Waals surface area contributed by atoms with E-state index >= 15 is 0 Å². The molecule has 0 saturated carbocycles. The van der Waals surface area contributed by atoms with Crippen LogP contribution in [0.2, 0.25) is 0 Å². The maximum absolute atomic E-state index is 11.8. The molecule has 0 bridgehead atoms. The molecule has 0 unspecified atom stereocenters. The lowest BCUT2D eigenvalue weighted by molar-refractivity contribution is 0.0508. The second kappa shape index (κ2) is 6.91. The first-order chi connectivity index (χ1) is 10.8. The summed E-state index contributed by atoms with van der Waals surface area (Å²) in [6.07, 6.45) is 0.312. The van der Waals surface area contributed by atoms with Crippen LogP contribution in [0.5, 0.6) is 0 Å². The van der Waals surface area contributed by atoms with Crippen molar-refractivity contribution in [2.24, 2.45) is 0 Å². The number of benzene rings is 1. The number of thiazole rings is 1. The van der Waals surface area contributed by atoms with Crippen LogP contribution < -0.4 is 5.32 Å². The molecule has 1 amide bonds. The van der Waals surface area contributed by atoms with Gasteiger partial charge in [0.05, 0.1) is 16.4 Å². The molecule has 0 aliphatic carbocycles. The Bertz CT molecular complexity index is 687. The molecule has 2 rings (SSSR count). The van der Waals surface area contributed by atoms with Gasteiger partial charge in [-0.1, -0.05) is 24.3 Å². The number of alkyl carbamates (subject to hydrolysis) is 1. The molecule has 1 atom stereocenters. The highest BCUT2D eigenvalue weighted by molar-refractivity contribution is 7.13. The topological polar surface area (TPSA) is 68.3 Å². The maximum Gasteiger partial charge on any atom is 0.408 e. The largest absolute Gasteiger partial charge is 0.444 e. The second-order valence-corrected chi connectivity index (χ2v) is 7.03. The van der Waals surface area contributed by atoms with Crippen molar-refractivity contribution in [3.05, 3.63) is 41.0 Å².